The van der Waals surface area contributed by atoms with Crippen LogP contribution < -0.4 is 5.32 Å². The molecule has 20 heavy (non-hydrogen) atoms. The monoisotopic (exact) mass is 293 g/mol. The summed E-state index contributed by atoms with van der Waals surface area (Å²) in [4.78, 5) is 25.0. The van der Waals surface area contributed by atoms with E-state index in [9.17, 15) is 9.59 Å². The molecule has 0 radical (unpaired) electrons. The van der Waals surface area contributed by atoms with Crippen LogP contribution >= 0.6 is 11.6 Å². The summed E-state index contributed by atoms with van der Waals surface area (Å²) in [5.74, 6) is -0.839. The Kier molecular flexibility index (Phi) is 4.14. The number of carbonyl (C=O) groups is 2. The molecule has 0 fully saturated rings. The molecule has 1 N–H and O–H groups in total. The van der Waals surface area contributed by atoms with E-state index in [1.807, 2.05) is 19.1 Å². The molecule has 2 rings (SSSR count). The molecule has 0 saturated carbocycles. The van der Waals surface area contributed by atoms with Crippen LogP contribution in [0.4, 0.5) is 5.69 Å². The number of nitrogens with one attached hydrogen (secondary N) is 1. The first kappa shape index (κ1) is 14.6. The van der Waals surface area contributed by atoms with Gasteiger partial charge in [-0.2, -0.15) is 0 Å². The van der Waals surface area contributed by atoms with Crippen LogP contribution in [0.3, 0.4) is 0 Å². The van der Waals surface area contributed by atoms with Gasteiger partial charge in [0.15, 0.2) is 0 Å². The number of fused-ring (bicyclic) bond motifs is 1. The Balaban J connectivity index is 2.48. The highest BCUT2D eigenvalue weighted by atomic mass is 35.5. The van der Waals surface area contributed by atoms with Gasteiger partial charge in [-0.25, -0.2) is 4.79 Å². The van der Waals surface area contributed by atoms with Crippen molar-refractivity contribution in [1.82, 2.24) is 0 Å². The van der Waals surface area contributed by atoms with E-state index in [4.69, 9.17) is 16.3 Å². The number of hydrogen-bond donors (Lipinski definition) is 1. The van der Waals surface area contributed by atoms with Crippen molar-refractivity contribution in [3.63, 3.8) is 0 Å². The van der Waals surface area contributed by atoms with E-state index in [0.717, 1.165) is 5.56 Å². The van der Waals surface area contributed by atoms with Crippen LogP contribution in [0, 0.1) is 6.92 Å². The predicted molar refractivity (Wildman–Crippen MR) is 78.1 cm³/mol. The third-order valence-electron chi connectivity index (χ3n) is 3.37. The molecule has 5 heteroatoms. The summed E-state index contributed by atoms with van der Waals surface area (Å²) in [7, 11) is 0. The van der Waals surface area contributed by atoms with E-state index < -0.39 is 11.5 Å². The van der Waals surface area contributed by atoms with Crippen LogP contribution in [0.15, 0.2) is 29.8 Å². The summed E-state index contributed by atoms with van der Waals surface area (Å²) >= 11 is 5.54. The van der Waals surface area contributed by atoms with E-state index in [0.29, 0.717) is 11.3 Å². The molecule has 1 aliphatic rings. The molecular weight excluding hydrogens is 278 g/mol. The minimum Gasteiger partial charge on any atom is -0.464 e. The van der Waals surface area contributed by atoms with Gasteiger partial charge in [0.2, 0.25) is 11.3 Å². The lowest BCUT2D eigenvalue weighted by atomic mass is 9.88. The quantitative estimate of drug-likeness (QED) is 0.685. The van der Waals surface area contributed by atoms with Crippen LogP contribution in [0.2, 0.25) is 0 Å². The maximum absolute atomic E-state index is 12.7. The van der Waals surface area contributed by atoms with E-state index in [1.165, 1.54) is 5.54 Å². The second-order valence-corrected chi connectivity index (χ2v) is 4.90. The van der Waals surface area contributed by atoms with Gasteiger partial charge in [-0.15, -0.1) is 0 Å². The van der Waals surface area contributed by atoms with Crippen molar-refractivity contribution in [3.05, 3.63) is 40.9 Å². The SMILES string of the molecule is CCOC(=O)C1(C/C=C/Cl)Nc2cccc(C)c2C1=O. The van der Waals surface area contributed by atoms with Crippen molar-refractivity contribution >= 4 is 29.0 Å². The molecule has 1 atom stereocenters. The average Bonchev–Trinajstić information content (AvgIpc) is 2.72. The van der Waals surface area contributed by atoms with Crippen LogP contribution in [-0.2, 0) is 9.53 Å². The van der Waals surface area contributed by atoms with Gasteiger partial charge in [0.25, 0.3) is 0 Å². The van der Waals surface area contributed by atoms with Gasteiger partial charge in [-0.3, -0.25) is 4.79 Å². The van der Waals surface area contributed by atoms with Crippen molar-refractivity contribution in [3.8, 4) is 0 Å². The normalized spacial score (nSPS) is 20.9. The molecule has 1 aromatic carbocycles. The average molecular weight is 294 g/mol. The van der Waals surface area contributed by atoms with Crippen LogP contribution in [0.5, 0.6) is 0 Å². The molecule has 1 aliphatic heterocycles. The smallest absolute Gasteiger partial charge is 0.340 e. The number of benzene rings is 1. The Morgan fingerprint density at radius 3 is 2.85 bits per heavy atom. The fourth-order valence-electron chi connectivity index (χ4n) is 2.42. The summed E-state index contributed by atoms with van der Waals surface area (Å²) in [6.07, 6.45) is 1.73. The Labute approximate surface area is 122 Å². The molecule has 0 amide bonds. The topological polar surface area (TPSA) is 55.4 Å². The molecule has 106 valence electrons. The standard InChI is InChI=1S/C15H16ClNO3/c1-3-20-14(19)15(8-5-9-16)13(18)12-10(2)6-4-7-11(12)17-15/h4-7,9,17H,3,8H2,1-2H3/b9-5+. The van der Waals surface area contributed by atoms with Gasteiger partial charge < -0.3 is 10.1 Å². The zero-order chi connectivity index (χ0) is 14.8. The predicted octanol–water partition coefficient (Wildman–Crippen LogP) is 3.05. The van der Waals surface area contributed by atoms with Gasteiger partial charge in [-0.1, -0.05) is 29.8 Å². The highest BCUT2D eigenvalue weighted by Gasteiger charge is 2.52. The third kappa shape index (κ3) is 2.20. The summed E-state index contributed by atoms with van der Waals surface area (Å²) < 4.78 is 5.07. The molecular formula is C15H16ClNO3. The van der Waals surface area contributed by atoms with Crippen LogP contribution in [0.25, 0.3) is 0 Å². The van der Waals surface area contributed by atoms with E-state index >= 15 is 0 Å². The van der Waals surface area contributed by atoms with Crippen molar-refractivity contribution in [2.75, 3.05) is 11.9 Å². The molecule has 1 unspecified atom stereocenters. The fraction of sp³-hybridized carbons (Fsp3) is 0.333. The number of aryl methyl sites for hydroxylation is 1. The van der Waals surface area contributed by atoms with E-state index in [1.54, 1.807) is 19.1 Å². The first-order valence-electron chi connectivity index (χ1n) is 6.42. The van der Waals surface area contributed by atoms with E-state index in [2.05, 4.69) is 5.32 Å². The molecule has 0 spiro atoms. The minimum absolute atomic E-state index is 0.155. The second kappa shape index (κ2) is 5.67. The zero-order valence-corrected chi connectivity index (χ0v) is 12.2. The Bertz CT molecular complexity index is 582. The first-order chi connectivity index (χ1) is 9.56. The molecule has 1 aromatic rings. The summed E-state index contributed by atoms with van der Waals surface area (Å²) in [5.41, 5.74) is 1.93. The Morgan fingerprint density at radius 1 is 1.50 bits per heavy atom. The number of Topliss-reactive ketones (excluding diaryl/α,β-unsaturated/α-hetero) is 1. The number of carbonyl (C=O) groups excluding carboxylic acids is 2. The molecule has 0 bridgehead atoms. The fourth-order valence-corrected chi connectivity index (χ4v) is 2.51. The maximum atomic E-state index is 12.7. The Morgan fingerprint density at radius 2 is 2.25 bits per heavy atom. The molecule has 0 saturated heterocycles. The lowest BCUT2D eigenvalue weighted by Gasteiger charge is -2.24. The second-order valence-electron chi connectivity index (χ2n) is 4.64. The summed E-state index contributed by atoms with van der Waals surface area (Å²) in [6.45, 7) is 3.77. The zero-order valence-electron chi connectivity index (χ0n) is 11.4. The number of rotatable bonds is 4. The molecule has 4 nitrogen and oxygen atoms in total. The lowest BCUT2D eigenvalue weighted by molar-refractivity contribution is -0.146. The van der Waals surface area contributed by atoms with Crippen LogP contribution in [-0.4, -0.2) is 23.9 Å². The summed E-state index contributed by atoms with van der Waals surface area (Å²) in [6, 6.07) is 5.47. The third-order valence-corrected chi connectivity index (χ3v) is 3.55. The largest absolute Gasteiger partial charge is 0.464 e. The Hall–Kier alpha value is -1.81. The van der Waals surface area contributed by atoms with Crippen LogP contribution in [0.1, 0.15) is 29.3 Å². The maximum Gasteiger partial charge on any atom is 0.340 e. The van der Waals surface area contributed by atoms with Gasteiger partial charge >= 0.3 is 5.97 Å². The van der Waals surface area contributed by atoms with E-state index in [-0.39, 0.29) is 18.8 Å². The highest BCUT2D eigenvalue weighted by molar-refractivity contribution is 6.26. The lowest BCUT2D eigenvalue weighted by Crippen LogP contribution is -2.50. The van der Waals surface area contributed by atoms with Gasteiger partial charge in [-0.05, 0) is 25.5 Å². The number of ether oxygens (including phenoxy) is 1. The number of halogens is 1. The van der Waals surface area contributed by atoms with Crippen molar-refractivity contribution in [2.45, 2.75) is 25.8 Å². The van der Waals surface area contributed by atoms with Gasteiger partial charge in [0.1, 0.15) is 0 Å². The van der Waals surface area contributed by atoms with Gasteiger partial charge in [0, 0.05) is 23.2 Å². The van der Waals surface area contributed by atoms with Crippen molar-refractivity contribution in [2.24, 2.45) is 0 Å². The molecule has 1 heterocycles. The number of esters is 1. The minimum atomic E-state index is -1.41. The van der Waals surface area contributed by atoms with Crippen molar-refractivity contribution < 1.29 is 14.3 Å². The summed E-state index contributed by atoms with van der Waals surface area (Å²) in [5, 5.41) is 3.02. The number of anilines is 1. The number of ketones is 1. The molecule has 0 aromatic heterocycles. The number of hydrogen-bond acceptors (Lipinski definition) is 4. The van der Waals surface area contributed by atoms with Crippen molar-refractivity contribution in [1.29, 1.82) is 0 Å². The highest BCUT2D eigenvalue weighted by Crippen LogP contribution is 2.37. The van der Waals surface area contributed by atoms with Gasteiger partial charge in [0.05, 0.1) is 6.61 Å². The first-order valence-corrected chi connectivity index (χ1v) is 6.85. The molecule has 0 aliphatic carbocycles.